The number of phenols is 9. The van der Waals surface area contributed by atoms with Crippen LogP contribution in [-0.4, -0.2) is 46.0 Å². The molecule has 9 N–H and O–H groups in total. The Morgan fingerprint density at radius 2 is 0.175 bits per heavy atom. The highest BCUT2D eigenvalue weighted by Crippen LogP contribution is 2.07. The lowest BCUT2D eigenvalue weighted by Gasteiger charge is -1.82. The standard InChI is InChI=1S/9C6H6O/c9*7-6-4-2-1-3-5-6/h9*1-5,7H. The summed E-state index contributed by atoms with van der Waals surface area (Å²) in [6.45, 7) is 0. The molecule has 0 bridgehead atoms. The van der Waals surface area contributed by atoms with Gasteiger partial charge in [0.2, 0.25) is 0 Å². The van der Waals surface area contributed by atoms with Crippen molar-refractivity contribution in [1.29, 1.82) is 0 Å². The van der Waals surface area contributed by atoms with E-state index in [1.807, 2.05) is 54.6 Å². The molecule has 0 aliphatic rings. The molecule has 9 aromatic carbocycles. The van der Waals surface area contributed by atoms with Gasteiger partial charge in [-0.3, -0.25) is 0 Å². The van der Waals surface area contributed by atoms with Gasteiger partial charge in [-0.2, -0.15) is 0 Å². The summed E-state index contributed by atoms with van der Waals surface area (Å²) in [5, 5.41) is 77.7. The quantitative estimate of drug-likeness (QED) is 0.0717. The van der Waals surface area contributed by atoms with Crippen molar-refractivity contribution in [3.8, 4) is 51.7 Å². The smallest absolute Gasteiger partial charge is 0.115 e. The second-order valence-electron chi connectivity index (χ2n) is 12.0. The first kappa shape index (κ1) is 52.2. The number of rotatable bonds is 0. The number of hydrogen-bond donors (Lipinski definition) is 9. The summed E-state index contributed by atoms with van der Waals surface area (Å²) in [5.41, 5.74) is 0. The van der Waals surface area contributed by atoms with E-state index in [4.69, 9.17) is 46.0 Å². The van der Waals surface area contributed by atoms with Gasteiger partial charge in [0.15, 0.2) is 0 Å². The van der Waals surface area contributed by atoms with Crippen molar-refractivity contribution in [2.75, 3.05) is 0 Å². The molecule has 0 radical (unpaired) electrons. The predicted octanol–water partition coefficient (Wildman–Crippen LogP) is 12.5. The SMILES string of the molecule is Oc1ccccc1.Oc1ccccc1.Oc1ccccc1.Oc1ccccc1.Oc1ccccc1.Oc1ccccc1.Oc1ccccc1.Oc1ccccc1.Oc1ccccc1. The summed E-state index contributed by atoms with van der Waals surface area (Å²) in [6, 6.07) is 78.4. The molecule has 9 aromatic rings. The first-order valence-corrected chi connectivity index (χ1v) is 19.2. The minimum atomic E-state index is 0.322. The zero-order valence-corrected chi connectivity index (χ0v) is 34.5. The molecule has 0 aliphatic heterocycles. The van der Waals surface area contributed by atoms with Crippen molar-refractivity contribution in [3.05, 3.63) is 273 Å². The Kier molecular flexibility index (Phi) is 30.1. The maximum Gasteiger partial charge on any atom is 0.115 e. The fourth-order valence-electron chi connectivity index (χ4n) is 3.85. The van der Waals surface area contributed by atoms with Gasteiger partial charge in [-0.05, 0) is 109 Å². The van der Waals surface area contributed by atoms with E-state index in [9.17, 15) is 0 Å². The van der Waals surface area contributed by atoms with Crippen molar-refractivity contribution in [2.45, 2.75) is 0 Å². The first-order valence-electron chi connectivity index (χ1n) is 19.2. The second-order valence-corrected chi connectivity index (χ2v) is 12.0. The third-order valence-electron chi connectivity index (χ3n) is 6.81. The average Bonchev–Trinajstić information content (AvgIpc) is 3.31. The van der Waals surface area contributed by atoms with Crippen LogP contribution in [0.5, 0.6) is 51.7 Å². The summed E-state index contributed by atoms with van der Waals surface area (Å²) in [4.78, 5) is 0. The van der Waals surface area contributed by atoms with Crippen LogP contribution in [0.15, 0.2) is 273 Å². The molecular weight excluding hydrogens is 793 g/mol. The van der Waals surface area contributed by atoms with E-state index in [0.29, 0.717) is 51.7 Å². The summed E-state index contributed by atoms with van der Waals surface area (Å²) >= 11 is 0. The van der Waals surface area contributed by atoms with Crippen LogP contribution in [0.1, 0.15) is 0 Å². The van der Waals surface area contributed by atoms with Gasteiger partial charge < -0.3 is 46.0 Å². The third-order valence-corrected chi connectivity index (χ3v) is 6.81. The monoisotopic (exact) mass is 846 g/mol. The Hall–Kier alpha value is -8.82. The van der Waals surface area contributed by atoms with Crippen LogP contribution >= 0.6 is 0 Å². The van der Waals surface area contributed by atoms with E-state index in [0.717, 1.165) is 0 Å². The van der Waals surface area contributed by atoms with E-state index in [1.54, 1.807) is 218 Å². The normalized spacial score (nSPS) is 8.57. The van der Waals surface area contributed by atoms with Crippen molar-refractivity contribution in [1.82, 2.24) is 0 Å². The Morgan fingerprint density at radius 1 is 0.111 bits per heavy atom. The minimum absolute atomic E-state index is 0.322. The van der Waals surface area contributed by atoms with Crippen LogP contribution in [0, 0.1) is 0 Å². The molecule has 0 aromatic heterocycles. The molecule has 9 heteroatoms. The number of para-hydroxylation sites is 9. The third kappa shape index (κ3) is 34.9. The number of benzene rings is 9. The Bertz CT molecular complexity index is 1740. The summed E-state index contributed by atoms with van der Waals surface area (Å²) in [6.07, 6.45) is 0. The number of aromatic hydroxyl groups is 9. The van der Waals surface area contributed by atoms with Crippen LogP contribution < -0.4 is 0 Å². The summed E-state index contributed by atoms with van der Waals surface area (Å²) in [7, 11) is 0. The van der Waals surface area contributed by atoms with Gasteiger partial charge in [-0.1, -0.05) is 164 Å². The maximum absolute atomic E-state index is 8.63. The van der Waals surface area contributed by atoms with Gasteiger partial charge in [-0.25, -0.2) is 0 Å². The molecule has 0 aliphatic carbocycles. The Morgan fingerprint density at radius 3 is 0.206 bits per heavy atom. The second kappa shape index (κ2) is 36.3. The summed E-state index contributed by atoms with van der Waals surface area (Å²) < 4.78 is 0. The lowest BCUT2D eigenvalue weighted by Crippen LogP contribution is -1.56. The fraction of sp³-hybridized carbons (Fsp3) is 0. The van der Waals surface area contributed by atoms with Crippen molar-refractivity contribution >= 4 is 0 Å². The van der Waals surface area contributed by atoms with Crippen LogP contribution in [0.3, 0.4) is 0 Å². The molecule has 0 heterocycles. The van der Waals surface area contributed by atoms with Gasteiger partial charge in [0.1, 0.15) is 51.7 Å². The molecule has 0 fully saturated rings. The lowest BCUT2D eigenvalue weighted by atomic mass is 10.3. The highest BCUT2D eigenvalue weighted by molar-refractivity contribution is 5.23. The lowest BCUT2D eigenvalue weighted by molar-refractivity contribution is 0.475. The Balaban J connectivity index is 0.000000354. The van der Waals surface area contributed by atoms with Crippen molar-refractivity contribution < 1.29 is 46.0 Å². The largest absolute Gasteiger partial charge is 0.508 e. The van der Waals surface area contributed by atoms with Crippen LogP contribution in [0.4, 0.5) is 0 Å². The van der Waals surface area contributed by atoms with Crippen molar-refractivity contribution in [2.24, 2.45) is 0 Å². The van der Waals surface area contributed by atoms with Gasteiger partial charge in [-0.15, -0.1) is 0 Å². The maximum atomic E-state index is 8.63. The van der Waals surface area contributed by atoms with Gasteiger partial charge >= 0.3 is 0 Å². The molecule has 324 valence electrons. The van der Waals surface area contributed by atoms with E-state index >= 15 is 0 Å². The fourth-order valence-corrected chi connectivity index (χ4v) is 3.85. The zero-order chi connectivity index (χ0) is 46.0. The van der Waals surface area contributed by atoms with Gasteiger partial charge in [0.05, 0.1) is 0 Å². The molecule has 0 amide bonds. The van der Waals surface area contributed by atoms with E-state index in [-0.39, 0.29) is 0 Å². The van der Waals surface area contributed by atoms with Crippen molar-refractivity contribution in [3.63, 3.8) is 0 Å². The number of hydrogen-bond acceptors (Lipinski definition) is 9. The average molecular weight is 847 g/mol. The predicted molar refractivity (Wildman–Crippen MR) is 253 cm³/mol. The molecular formula is C54H54O9. The molecule has 9 nitrogen and oxygen atoms in total. The summed E-state index contributed by atoms with van der Waals surface area (Å²) in [5.74, 6) is 2.90. The molecule has 63 heavy (non-hydrogen) atoms. The topological polar surface area (TPSA) is 182 Å². The van der Waals surface area contributed by atoms with Gasteiger partial charge in [0.25, 0.3) is 0 Å². The molecule has 0 atom stereocenters. The van der Waals surface area contributed by atoms with E-state index in [2.05, 4.69) is 0 Å². The number of phenolic OH excluding ortho intramolecular Hbond substituents is 9. The molecule has 0 saturated heterocycles. The van der Waals surface area contributed by atoms with E-state index < -0.39 is 0 Å². The molecule has 9 rings (SSSR count). The minimum Gasteiger partial charge on any atom is -0.508 e. The van der Waals surface area contributed by atoms with Gasteiger partial charge in [0, 0.05) is 0 Å². The highest BCUT2D eigenvalue weighted by Gasteiger charge is 1.80. The van der Waals surface area contributed by atoms with Crippen LogP contribution in [0.25, 0.3) is 0 Å². The van der Waals surface area contributed by atoms with Crippen LogP contribution in [-0.2, 0) is 0 Å². The highest BCUT2D eigenvalue weighted by atomic mass is 16.3. The van der Waals surface area contributed by atoms with E-state index in [1.165, 1.54) is 0 Å². The molecule has 0 spiro atoms. The molecule has 0 saturated carbocycles. The Labute approximate surface area is 369 Å². The first-order chi connectivity index (χ1) is 30.5. The van der Waals surface area contributed by atoms with Crippen LogP contribution in [0.2, 0.25) is 0 Å². The zero-order valence-electron chi connectivity index (χ0n) is 34.5. The molecule has 0 unspecified atom stereocenters.